The van der Waals surface area contributed by atoms with Gasteiger partial charge in [0.1, 0.15) is 0 Å². The fourth-order valence-electron chi connectivity index (χ4n) is 1.11. The van der Waals surface area contributed by atoms with Gasteiger partial charge in [-0.15, -0.1) is 0 Å². The first-order chi connectivity index (χ1) is 5.61. The second-order valence-electron chi connectivity index (χ2n) is 3.25. The first-order valence-electron chi connectivity index (χ1n) is 4.10. The van der Waals surface area contributed by atoms with Crippen molar-refractivity contribution in [2.24, 2.45) is 11.8 Å². The number of hydrogen-bond donors (Lipinski definition) is 2. The van der Waals surface area contributed by atoms with E-state index in [-0.39, 0.29) is 24.8 Å². The van der Waals surface area contributed by atoms with Crippen LogP contribution in [0.5, 0.6) is 0 Å². The van der Waals surface area contributed by atoms with Crippen molar-refractivity contribution in [3.63, 3.8) is 0 Å². The monoisotopic (exact) mass is 171 g/mol. The molecule has 0 aliphatic heterocycles. The van der Waals surface area contributed by atoms with Crippen LogP contribution in [0.1, 0.15) is 19.8 Å². The number of hydrogen-bond acceptors (Lipinski definition) is 2. The van der Waals surface area contributed by atoms with Crippen molar-refractivity contribution in [2.75, 3.05) is 6.54 Å². The first kappa shape index (κ1) is 9.03. The quantitative estimate of drug-likeness (QED) is 0.636. The van der Waals surface area contributed by atoms with Crippen LogP contribution in [-0.4, -0.2) is 23.5 Å². The van der Waals surface area contributed by atoms with Gasteiger partial charge in [-0.1, -0.05) is 6.92 Å². The highest BCUT2D eigenvalue weighted by Crippen LogP contribution is 2.37. The minimum absolute atomic E-state index is 0.00347. The van der Waals surface area contributed by atoms with E-state index in [4.69, 9.17) is 5.11 Å². The Bertz CT molecular complexity index is 202. The van der Waals surface area contributed by atoms with E-state index in [1.54, 1.807) is 0 Å². The highest BCUT2D eigenvalue weighted by Gasteiger charge is 2.38. The molecule has 0 radical (unpaired) electrons. The molecule has 1 rings (SSSR count). The number of amides is 1. The van der Waals surface area contributed by atoms with E-state index in [9.17, 15) is 9.59 Å². The van der Waals surface area contributed by atoms with Gasteiger partial charge >= 0.3 is 5.97 Å². The minimum Gasteiger partial charge on any atom is -0.481 e. The number of carbonyl (C=O) groups is 2. The molecular weight excluding hydrogens is 158 g/mol. The Balaban J connectivity index is 2.07. The largest absolute Gasteiger partial charge is 0.481 e. The van der Waals surface area contributed by atoms with Gasteiger partial charge < -0.3 is 10.4 Å². The molecule has 4 heteroatoms. The van der Waals surface area contributed by atoms with Crippen molar-refractivity contribution in [3.8, 4) is 0 Å². The molecule has 1 amide bonds. The molecule has 0 aromatic heterocycles. The van der Waals surface area contributed by atoms with E-state index in [0.717, 1.165) is 6.42 Å². The molecule has 12 heavy (non-hydrogen) atoms. The van der Waals surface area contributed by atoms with Crippen molar-refractivity contribution < 1.29 is 14.7 Å². The topological polar surface area (TPSA) is 66.4 Å². The number of rotatable bonds is 4. The van der Waals surface area contributed by atoms with Gasteiger partial charge in [0.05, 0.1) is 6.42 Å². The molecule has 0 bridgehead atoms. The summed E-state index contributed by atoms with van der Waals surface area (Å²) in [4.78, 5) is 21.2. The number of carbonyl (C=O) groups excluding carboxylic acids is 1. The maximum Gasteiger partial charge on any atom is 0.305 e. The fourth-order valence-corrected chi connectivity index (χ4v) is 1.11. The smallest absolute Gasteiger partial charge is 0.305 e. The Kier molecular flexibility index (Phi) is 2.68. The summed E-state index contributed by atoms with van der Waals surface area (Å²) in [5, 5.41) is 10.9. The van der Waals surface area contributed by atoms with Crippen molar-refractivity contribution in [2.45, 2.75) is 19.8 Å². The van der Waals surface area contributed by atoms with Gasteiger partial charge in [-0.2, -0.15) is 0 Å². The summed E-state index contributed by atoms with van der Waals surface area (Å²) in [5.74, 6) is -0.253. The van der Waals surface area contributed by atoms with Crippen LogP contribution >= 0.6 is 0 Å². The van der Waals surface area contributed by atoms with E-state index in [0.29, 0.717) is 5.92 Å². The predicted molar refractivity (Wildman–Crippen MR) is 42.5 cm³/mol. The molecule has 0 saturated heterocycles. The molecule has 2 N–H and O–H groups in total. The van der Waals surface area contributed by atoms with E-state index in [1.807, 2.05) is 6.92 Å². The number of aliphatic carboxylic acids is 1. The maximum atomic E-state index is 11.1. The van der Waals surface area contributed by atoms with Gasteiger partial charge in [-0.05, 0) is 12.3 Å². The van der Waals surface area contributed by atoms with Crippen LogP contribution in [0, 0.1) is 11.8 Å². The first-order valence-corrected chi connectivity index (χ1v) is 4.10. The highest BCUT2D eigenvalue weighted by atomic mass is 16.4. The third-order valence-electron chi connectivity index (χ3n) is 2.08. The molecule has 0 aromatic rings. The molecule has 1 fully saturated rings. The van der Waals surface area contributed by atoms with Crippen molar-refractivity contribution >= 4 is 11.9 Å². The van der Waals surface area contributed by atoms with Crippen LogP contribution in [0.4, 0.5) is 0 Å². The molecule has 0 aromatic carbocycles. The van der Waals surface area contributed by atoms with Gasteiger partial charge in [0, 0.05) is 12.5 Å². The van der Waals surface area contributed by atoms with Crippen LogP contribution in [0.25, 0.3) is 0 Å². The van der Waals surface area contributed by atoms with E-state index >= 15 is 0 Å². The lowest BCUT2D eigenvalue weighted by Gasteiger charge is -2.00. The Hall–Kier alpha value is -1.06. The highest BCUT2D eigenvalue weighted by molar-refractivity contribution is 5.81. The average Bonchev–Trinajstić information content (AvgIpc) is 2.66. The predicted octanol–water partition coefficient (Wildman–Crippen LogP) is 0.233. The molecule has 0 spiro atoms. The maximum absolute atomic E-state index is 11.1. The molecule has 2 atom stereocenters. The summed E-state index contributed by atoms with van der Waals surface area (Å²) in [6, 6.07) is 0. The van der Waals surface area contributed by atoms with Crippen molar-refractivity contribution in [1.82, 2.24) is 5.32 Å². The summed E-state index contributed by atoms with van der Waals surface area (Å²) < 4.78 is 0. The lowest BCUT2D eigenvalue weighted by molar-refractivity contribution is -0.136. The van der Waals surface area contributed by atoms with Crippen LogP contribution in [0.2, 0.25) is 0 Å². The molecule has 68 valence electrons. The second-order valence-corrected chi connectivity index (χ2v) is 3.25. The zero-order valence-corrected chi connectivity index (χ0v) is 7.04. The number of carboxylic acids is 1. The zero-order chi connectivity index (χ0) is 9.14. The van der Waals surface area contributed by atoms with Crippen LogP contribution in [-0.2, 0) is 9.59 Å². The van der Waals surface area contributed by atoms with Crippen LogP contribution in [0.3, 0.4) is 0 Å². The normalized spacial score (nSPS) is 26.4. The summed E-state index contributed by atoms with van der Waals surface area (Å²) in [5.41, 5.74) is 0. The minimum atomic E-state index is -0.876. The van der Waals surface area contributed by atoms with Gasteiger partial charge in [-0.3, -0.25) is 9.59 Å². The van der Waals surface area contributed by atoms with Gasteiger partial charge in [0.25, 0.3) is 0 Å². The summed E-state index contributed by atoms with van der Waals surface area (Å²) in [7, 11) is 0. The number of nitrogens with one attached hydrogen (secondary N) is 1. The molecule has 0 heterocycles. The summed E-state index contributed by atoms with van der Waals surface area (Å²) in [6.07, 6.45) is 0.950. The molecular formula is C8H13NO3. The van der Waals surface area contributed by atoms with Crippen molar-refractivity contribution in [3.05, 3.63) is 0 Å². The van der Waals surface area contributed by atoms with Gasteiger partial charge in [0.15, 0.2) is 0 Å². The SMILES string of the molecule is C[C@@H]1C[C@H]1C(=O)NCCC(=O)O. The summed E-state index contributed by atoms with van der Waals surface area (Å²) in [6.45, 7) is 2.26. The third-order valence-corrected chi connectivity index (χ3v) is 2.08. The zero-order valence-electron chi connectivity index (χ0n) is 7.04. The lowest BCUT2D eigenvalue weighted by atomic mass is 10.3. The molecule has 4 nitrogen and oxygen atoms in total. The lowest BCUT2D eigenvalue weighted by Crippen LogP contribution is -2.27. The summed E-state index contributed by atoms with van der Waals surface area (Å²) >= 11 is 0. The number of carboxylic acid groups (broad SMARTS) is 1. The van der Waals surface area contributed by atoms with Crippen molar-refractivity contribution in [1.29, 1.82) is 0 Å². The fraction of sp³-hybridized carbons (Fsp3) is 0.750. The van der Waals surface area contributed by atoms with Gasteiger partial charge in [0.2, 0.25) is 5.91 Å². The molecule has 1 aliphatic carbocycles. The van der Waals surface area contributed by atoms with Gasteiger partial charge in [-0.25, -0.2) is 0 Å². The Labute approximate surface area is 71.0 Å². The molecule has 1 aliphatic rings. The average molecular weight is 171 g/mol. The Morgan fingerprint density at radius 3 is 2.58 bits per heavy atom. The van der Waals surface area contributed by atoms with E-state index in [2.05, 4.69) is 5.32 Å². The van der Waals surface area contributed by atoms with E-state index in [1.165, 1.54) is 0 Å². The third kappa shape index (κ3) is 2.53. The molecule has 1 saturated carbocycles. The molecule has 0 unspecified atom stereocenters. The van der Waals surface area contributed by atoms with E-state index < -0.39 is 5.97 Å². The Morgan fingerprint density at radius 2 is 2.17 bits per heavy atom. The standard InChI is InChI=1S/C8H13NO3/c1-5-4-6(5)8(12)9-3-2-7(10)11/h5-6H,2-4H2,1H3,(H,9,12)(H,10,11)/t5-,6-/m1/s1. The van der Waals surface area contributed by atoms with Crippen LogP contribution < -0.4 is 5.32 Å². The Morgan fingerprint density at radius 1 is 1.58 bits per heavy atom. The van der Waals surface area contributed by atoms with Crippen LogP contribution in [0.15, 0.2) is 0 Å². The second kappa shape index (κ2) is 3.56.